The SMILES string of the molecule is Brc1cc2ccsc2s1.CC.CC.CC.CC.CC.CC.CC.Cc1c(Br)sc2sccc12.Cc1cc2c(C)c(Br)sc2s1.Cc1cc2cc(Br)sc2s1.Cc1csc2sc(Br)c(C)c12.Cc1csc2sc(Br)cc12.Cc1sc2sc(Br)cc2c1C. The third-order valence-corrected chi connectivity index (χ3v) is 32.0. The molecule has 14 aromatic rings. The van der Waals surface area contributed by atoms with Crippen LogP contribution in [0.1, 0.15) is 145 Å². The molecule has 0 nitrogen and oxygen atoms in total. The van der Waals surface area contributed by atoms with Crippen molar-refractivity contribution >= 4 is 336 Å². The van der Waals surface area contributed by atoms with E-state index in [9.17, 15) is 0 Å². The predicted octanol–water partition coefficient (Wildman–Crippen LogP) is 36.0. The number of hydrogen-bond donors (Lipinski definition) is 0. The first-order valence-corrected chi connectivity index (χ1v) is 45.4. The molecule has 474 valence electrons. The van der Waals surface area contributed by atoms with Gasteiger partial charge in [0.1, 0.15) is 0 Å². The molecule has 0 aliphatic carbocycles. The highest BCUT2D eigenvalue weighted by Gasteiger charge is 2.11. The fraction of sp³-hybridized carbons (Fsp3) is 0.354. The average Bonchev–Trinajstić information content (AvgIpc) is 3.97. The van der Waals surface area contributed by atoms with E-state index >= 15 is 0 Å². The molecule has 0 aliphatic rings. The first kappa shape index (κ1) is 85.0. The van der Waals surface area contributed by atoms with E-state index in [1.807, 2.05) is 233 Å². The topological polar surface area (TPSA) is 0 Å². The van der Waals surface area contributed by atoms with Gasteiger partial charge in [-0.05, 0) is 277 Å². The first-order chi connectivity index (χ1) is 41.2. The molecule has 0 unspecified atom stereocenters. The van der Waals surface area contributed by atoms with Crippen LogP contribution in [0.5, 0.6) is 0 Å². The Morgan fingerprint density at radius 1 is 0.279 bits per heavy atom. The van der Waals surface area contributed by atoms with Crippen molar-refractivity contribution in [3.63, 3.8) is 0 Å². The minimum atomic E-state index is 1.23. The molecule has 14 aromatic heterocycles. The van der Waals surface area contributed by atoms with E-state index in [0.717, 1.165) is 0 Å². The van der Waals surface area contributed by atoms with Crippen LogP contribution in [0.15, 0.2) is 96.6 Å². The Balaban J connectivity index is 0.000000485. The van der Waals surface area contributed by atoms with E-state index in [4.69, 9.17) is 0 Å². The second kappa shape index (κ2) is 45.4. The van der Waals surface area contributed by atoms with Crippen LogP contribution in [0.4, 0.5) is 0 Å². The number of thiophene rings is 14. The fourth-order valence-electron chi connectivity index (χ4n) is 6.88. The lowest BCUT2D eigenvalue weighted by atomic mass is 10.2. The largest absolute Gasteiger partial charge is 0.133 e. The minimum Gasteiger partial charge on any atom is -0.133 e. The molecule has 0 aromatic carbocycles. The molecule has 14 rings (SSSR count). The lowest BCUT2D eigenvalue weighted by Crippen LogP contribution is -1.67. The summed E-state index contributed by atoms with van der Waals surface area (Å²) < 4.78 is 18.7. The summed E-state index contributed by atoms with van der Waals surface area (Å²) in [5.74, 6) is 0. The summed E-state index contributed by atoms with van der Waals surface area (Å²) in [5.41, 5.74) is 8.39. The average molecular weight is 1870 g/mol. The number of aryl methyl sites for hydroxylation is 9. The Hall–Kier alpha value is 0.980. The van der Waals surface area contributed by atoms with Crippen LogP contribution in [0.2, 0.25) is 0 Å². The second-order valence-electron chi connectivity index (χ2n) is 15.8. The zero-order valence-corrected chi connectivity index (χ0v) is 75.8. The molecule has 0 aliphatic heterocycles. The van der Waals surface area contributed by atoms with Gasteiger partial charge in [-0.15, -0.1) is 159 Å². The van der Waals surface area contributed by atoms with E-state index in [1.165, 1.54) is 140 Å². The van der Waals surface area contributed by atoms with E-state index in [1.54, 1.807) is 22.7 Å². The molecule has 0 spiro atoms. The number of halogens is 7. The Kier molecular flexibility index (Phi) is 44.8. The molecular weight excluding hydrogens is 1790 g/mol. The molecule has 21 heteroatoms. The second-order valence-corrected chi connectivity index (χ2v) is 41.7. The van der Waals surface area contributed by atoms with Gasteiger partial charge in [0.15, 0.2) is 0 Å². The van der Waals surface area contributed by atoms with Gasteiger partial charge < -0.3 is 0 Å². The van der Waals surface area contributed by atoms with Crippen molar-refractivity contribution in [2.45, 2.75) is 159 Å². The van der Waals surface area contributed by atoms with Gasteiger partial charge in [0.25, 0.3) is 0 Å². The van der Waals surface area contributed by atoms with Gasteiger partial charge in [-0.2, -0.15) is 0 Å². The standard InChI is InChI=1S/3C8H7BrS2.3C7H5BrS2.C6H3BrS2.7C2H6/c1-4-5(2)10-8-6(4)3-7(9)11-8;1-4-3-10-8-6(4)5(2)7(9)11-8;1-4-3-6-5(2)7(9)11-8(6)10-4;1-4-3-9-7-5(4)2-6(8)10-7;1-4-2-5-3-6(8)10-7(5)9-4;1-4-5-2-3-9-7(5)10-6(4)8;7-5-3-4-1-2-8-6(4)9-5;7*1-2/h3*3H,1-2H3;3*2-3H,1H3;1-3H;7*1-2H3. The normalized spacial score (nSPS) is 9.74. The van der Waals surface area contributed by atoms with Crippen LogP contribution < -0.4 is 0 Å². The maximum Gasteiger partial charge on any atom is 0.0882 e. The first-order valence-electron chi connectivity index (χ1n) is 28.2. The fourth-order valence-corrected chi connectivity index (χ4v) is 29.1. The molecule has 0 saturated heterocycles. The summed E-state index contributed by atoms with van der Waals surface area (Å²) in [6, 6.07) is 17.5. The zero-order chi connectivity index (χ0) is 65.7. The van der Waals surface area contributed by atoms with Gasteiger partial charge in [-0.3, -0.25) is 0 Å². The molecule has 14 heterocycles. The lowest BCUT2D eigenvalue weighted by Gasteiger charge is -1.87. The van der Waals surface area contributed by atoms with Crippen LogP contribution in [0.25, 0.3) is 65.8 Å². The summed E-state index contributed by atoms with van der Waals surface area (Å²) in [6.45, 7) is 47.5. The molecule has 86 heavy (non-hydrogen) atoms. The summed E-state index contributed by atoms with van der Waals surface area (Å²) in [5, 5.41) is 18.5. The Morgan fingerprint density at radius 3 is 1.21 bits per heavy atom. The van der Waals surface area contributed by atoms with Crippen molar-refractivity contribution in [2.24, 2.45) is 0 Å². The summed E-state index contributed by atoms with van der Waals surface area (Å²) >= 11 is 50.0. The molecular formula is C65H81Br7S14. The third kappa shape index (κ3) is 25.0. The van der Waals surface area contributed by atoms with Crippen molar-refractivity contribution < 1.29 is 0 Å². The lowest BCUT2D eigenvalue weighted by molar-refractivity contribution is 1.47. The molecule has 0 bridgehead atoms. The van der Waals surface area contributed by atoms with E-state index in [2.05, 4.69) is 244 Å². The third-order valence-electron chi connectivity index (χ3n) is 10.7. The maximum atomic E-state index is 3.55. The van der Waals surface area contributed by atoms with Gasteiger partial charge in [-0.1, -0.05) is 96.9 Å². The summed E-state index contributed by atoms with van der Waals surface area (Å²) in [4.78, 5) is 4.24. The van der Waals surface area contributed by atoms with E-state index in [0.29, 0.717) is 0 Å². The number of fused-ring (bicyclic) bond motifs is 7. The quantitative estimate of drug-likeness (QED) is 0.142. The smallest absolute Gasteiger partial charge is 0.0882 e. The van der Waals surface area contributed by atoms with Crippen molar-refractivity contribution in [3.8, 4) is 0 Å². The molecule has 0 amide bonds. The Labute approximate surface area is 630 Å². The van der Waals surface area contributed by atoms with Crippen LogP contribution in [0, 0.1) is 62.3 Å². The molecule has 0 radical (unpaired) electrons. The van der Waals surface area contributed by atoms with Crippen molar-refractivity contribution in [1.82, 2.24) is 0 Å². The van der Waals surface area contributed by atoms with Crippen LogP contribution in [-0.2, 0) is 0 Å². The minimum absolute atomic E-state index is 1.23. The molecule has 0 saturated carbocycles. The van der Waals surface area contributed by atoms with Crippen LogP contribution in [0.3, 0.4) is 0 Å². The predicted molar refractivity (Wildman–Crippen MR) is 454 cm³/mol. The molecule has 0 fully saturated rings. The molecule has 0 N–H and O–H groups in total. The van der Waals surface area contributed by atoms with Crippen LogP contribution >= 0.6 is 270 Å². The number of rotatable bonds is 0. The van der Waals surface area contributed by atoms with Crippen molar-refractivity contribution in [2.75, 3.05) is 0 Å². The van der Waals surface area contributed by atoms with Gasteiger partial charge in [0.2, 0.25) is 0 Å². The van der Waals surface area contributed by atoms with E-state index in [-0.39, 0.29) is 0 Å². The van der Waals surface area contributed by atoms with E-state index < -0.39 is 0 Å². The number of hydrogen-bond acceptors (Lipinski definition) is 14. The van der Waals surface area contributed by atoms with Crippen molar-refractivity contribution in [3.05, 3.63) is 145 Å². The van der Waals surface area contributed by atoms with Gasteiger partial charge in [0, 0.05) is 52.3 Å². The van der Waals surface area contributed by atoms with Gasteiger partial charge in [-0.25, -0.2) is 0 Å². The highest BCUT2D eigenvalue weighted by atomic mass is 79.9. The Morgan fingerprint density at radius 2 is 0.674 bits per heavy atom. The van der Waals surface area contributed by atoms with Crippen molar-refractivity contribution in [1.29, 1.82) is 0 Å². The highest BCUT2D eigenvalue weighted by Crippen LogP contribution is 2.43. The maximum absolute atomic E-state index is 3.55. The molecule has 0 atom stereocenters. The van der Waals surface area contributed by atoms with Gasteiger partial charge >= 0.3 is 0 Å². The zero-order valence-electron chi connectivity index (χ0n) is 53.3. The van der Waals surface area contributed by atoms with Gasteiger partial charge in [0.05, 0.1) is 54.6 Å². The van der Waals surface area contributed by atoms with Crippen LogP contribution in [-0.4, -0.2) is 0 Å². The summed E-state index contributed by atoms with van der Waals surface area (Å²) in [7, 11) is 0. The Bertz CT molecular complexity index is 3880. The highest BCUT2D eigenvalue weighted by molar-refractivity contribution is 9.12. The summed E-state index contributed by atoms with van der Waals surface area (Å²) in [6.07, 6.45) is 0. The monoisotopic (exact) mass is 1860 g/mol.